The van der Waals surface area contributed by atoms with Gasteiger partial charge in [-0.3, -0.25) is 9.59 Å². The van der Waals surface area contributed by atoms with Gasteiger partial charge in [0, 0.05) is 11.1 Å². The monoisotopic (exact) mass is 658 g/mol. The first-order valence-corrected chi connectivity index (χ1v) is 12.8. The van der Waals surface area contributed by atoms with E-state index < -0.39 is 69.2 Å². The van der Waals surface area contributed by atoms with Crippen molar-refractivity contribution in [3.63, 3.8) is 0 Å². The first-order chi connectivity index (χ1) is 21.2. The summed E-state index contributed by atoms with van der Waals surface area (Å²) in [6.07, 6.45) is -20.8. The van der Waals surface area contributed by atoms with E-state index in [4.69, 9.17) is 0 Å². The molecule has 0 saturated heterocycles. The number of rotatable bonds is 4. The van der Waals surface area contributed by atoms with Crippen molar-refractivity contribution >= 4 is 34.1 Å². The molecule has 238 valence electrons. The summed E-state index contributed by atoms with van der Waals surface area (Å²) in [5.74, 6) is 0. The molecule has 2 nitrogen and oxygen atoms in total. The van der Waals surface area contributed by atoms with Gasteiger partial charge >= 0.3 is 24.7 Å². The van der Waals surface area contributed by atoms with Gasteiger partial charge in [0.25, 0.3) is 0 Å². The summed E-state index contributed by atoms with van der Waals surface area (Å²) in [7, 11) is 0. The summed E-state index contributed by atoms with van der Waals surface area (Å²) in [6, 6.07) is 8.23. The van der Waals surface area contributed by atoms with Crippen molar-refractivity contribution in [1.29, 1.82) is 0 Å². The third-order valence-electron chi connectivity index (χ3n) is 7.23. The summed E-state index contributed by atoms with van der Waals surface area (Å²) in [5, 5.41) is -0.974. The molecule has 0 amide bonds. The van der Waals surface area contributed by atoms with Crippen LogP contribution in [-0.2, 0) is 24.7 Å². The molecule has 0 aliphatic rings. The van der Waals surface area contributed by atoms with Crippen LogP contribution in [-0.4, -0.2) is 12.6 Å². The van der Waals surface area contributed by atoms with E-state index in [1.165, 1.54) is 24.3 Å². The van der Waals surface area contributed by atoms with Crippen molar-refractivity contribution in [1.82, 2.24) is 0 Å². The van der Waals surface area contributed by atoms with Crippen LogP contribution in [0.5, 0.6) is 0 Å². The van der Waals surface area contributed by atoms with Crippen molar-refractivity contribution in [3.8, 4) is 22.3 Å². The van der Waals surface area contributed by atoms with E-state index in [9.17, 15) is 62.3 Å². The Morgan fingerprint density at radius 3 is 0.913 bits per heavy atom. The molecule has 0 bridgehead atoms. The maximum atomic E-state index is 13.8. The van der Waals surface area contributed by atoms with Crippen molar-refractivity contribution in [3.05, 3.63) is 106 Å². The van der Waals surface area contributed by atoms with Crippen LogP contribution in [0, 0.1) is 0 Å². The van der Waals surface area contributed by atoms with E-state index in [0.29, 0.717) is 24.3 Å². The fourth-order valence-corrected chi connectivity index (χ4v) is 5.28. The van der Waals surface area contributed by atoms with Gasteiger partial charge < -0.3 is 0 Å². The number of aldehydes is 2. The minimum atomic E-state index is -5.27. The molecule has 0 fully saturated rings. The fourth-order valence-electron chi connectivity index (χ4n) is 5.28. The van der Waals surface area contributed by atoms with Gasteiger partial charge in [-0.1, -0.05) is 24.3 Å². The van der Waals surface area contributed by atoms with E-state index in [1.807, 2.05) is 0 Å². The molecule has 0 heterocycles. The summed E-state index contributed by atoms with van der Waals surface area (Å²) in [4.78, 5) is 23.7. The molecule has 0 aliphatic carbocycles. The highest BCUT2D eigenvalue weighted by atomic mass is 19.4. The van der Waals surface area contributed by atoms with Gasteiger partial charge in [0.1, 0.15) is 0 Å². The van der Waals surface area contributed by atoms with Crippen molar-refractivity contribution < 1.29 is 62.3 Å². The lowest BCUT2D eigenvalue weighted by atomic mass is 9.83. The lowest BCUT2D eigenvalue weighted by Crippen LogP contribution is -2.11. The van der Waals surface area contributed by atoms with Gasteiger partial charge in [-0.2, -0.15) is 52.7 Å². The van der Waals surface area contributed by atoms with Gasteiger partial charge in [0.2, 0.25) is 0 Å². The molecular weight excluding hydrogens is 644 g/mol. The minimum Gasteiger partial charge on any atom is -0.298 e. The van der Waals surface area contributed by atoms with Crippen LogP contribution in [0.2, 0.25) is 0 Å². The molecular formula is C32H14F12O2. The Bertz CT molecular complexity index is 1820. The Morgan fingerprint density at radius 1 is 0.391 bits per heavy atom. The Hall–Kier alpha value is -4.88. The largest absolute Gasteiger partial charge is 0.416 e. The van der Waals surface area contributed by atoms with Gasteiger partial charge in [-0.25, -0.2) is 0 Å². The molecule has 0 spiro atoms. The highest BCUT2D eigenvalue weighted by Crippen LogP contribution is 2.48. The molecule has 5 aromatic carbocycles. The number of benzene rings is 5. The van der Waals surface area contributed by atoms with Crippen molar-refractivity contribution in [2.24, 2.45) is 0 Å². The van der Waals surface area contributed by atoms with E-state index in [-0.39, 0.29) is 57.4 Å². The molecule has 46 heavy (non-hydrogen) atoms. The topological polar surface area (TPSA) is 34.1 Å². The molecule has 0 aromatic heterocycles. The molecule has 0 saturated carbocycles. The second kappa shape index (κ2) is 10.9. The summed E-state index contributed by atoms with van der Waals surface area (Å²) in [6.45, 7) is 0. The average molecular weight is 658 g/mol. The number of hydrogen-bond acceptors (Lipinski definition) is 2. The maximum absolute atomic E-state index is 13.8. The molecule has 0 unspecified atom stereocenters. The van der Waals surface area contributed by atoms with E-state index in [0.717, 1.165) is 12.1 Å². The molecule has 0 atom stereocenters. The predicted octanol–water partition coefficient (Wildman–Crippen LogP) is 11.0. The first kappa shape index (κ1) is 32.5. The maximum Gasteiger partial charge on any atom is 0.416 e. The van der Waals surface area contributed by atoms with E-state index in [1.54, 1.807) is 0 Å². The van der Waals surface area contributed by atoms with E-state index >= 15 is 0 Å². The third kappa shape index (κ3) is 5.90. The summed E-state index contributed by atoms with van der Waals surface area (Å²) >= 11 is 0. The standard InChI is InChI=1S/C32H14F12O2/c33-29(34,35)19-5-15(6-20(11-19)30(36,37)38)27-23-3-1-2-4-24(23)28(26-10-18(14-46)17(13-45)9-25(26)27)16-7-21(31(39,40)41)12-22(8-16)32(42,43)44/h1-14H. The quantitative estimate of drug-likeness (QED) is 0.109. The predicted molar refractivity (Wildman–Crippen MR) is 143 cm³/mol. The van der Waals surface area contributed by atoms with Crippen molar-refractivity contribution in [2.75, 3.05) is 0 Å². The molecule has 0 radical (unpaired) electrons. The highest BCUT2D eigenvalue weighted by Gasteiger charge is 2.39. The van der Waals surface area contributed by atoms with Crippen LogP contribution in [0.25, 0.3) is 43.8 Å². The first-order valence-electron chi connectivity index (χ1n) is 12.8. The second-order valence-corrected chi connectivity index (χ2v) is 10.1. The summed E-state index contributed by atoms with van der Waals surface area (Å²) in [5.41, 5.74) is -9.66. The lowest BCUT2D eigenvalue weighted by Gasteiger charge is -2.21. The fraction of sp³-hybridized carbons (Fsp3) is 0.125. The Balaban J connectivity index is 2.06. The lowest BCUT2D eigenvalue weighted by molar-refractivity contribution is -0.144. The Morgan fingerprint density at radius 2 is 0.674 bits per heavy atom. The number of alkyl halides is 12. The Kier molecular flexibility index (Phi) is 7.69. The zero-order chi connectivity index (χ0) is 34.0. The number of halogens is 12. The van der Waals surface area contributed by atoms with Crippen molar-refractivity contribution in [2.45, 2.75) is 24.7 Å². The van der Waals surface area contributed by atoms with Crippen LogP contribution < -0.4 is 0 Å². The van der Waals surface area contributed by atoms with Gasteiger partial charge in [0.05, 0.1) is 22.3 Å². The second-order valence-electron chi connectivity index (χ2n) is 10.1. The molecule has 5 aromatic rings. The average Bonchev–Trinajstić information content (AvgIpc) is 2.96. The van der Waals surface area contributed by atoms with Gasteiger partial charge in [-0.15, -0.1) is 0 Å². The normalized spacial score (nSPS) is 13.0. The van der Waals surface area contributed by atoms with Gasteiger partial charge in [0.15, 0.2) is 12.6 Å². The molecule has 0 N–H and O–H groups in total. The zero-order valence-corrected chi connectivity index (χ0v) is 22.4. The van der Waals surface area contributed by atoms with Crippen LogP contribution in [0.15, 0.2) is 72.8 Å². The van der Waals surface area contributed by atoms with E-state index in [2.05, 4.69) is 0 Å². The molecule has 5 rings (SSSR count). The van der Waals surface area contributed by atoms with Crippen LogP contribution >= 0.6 is 0 Å². The van der Waals surface area contributed by atoms with Crippen LogP contribution in [0.3, 0.4) is 0 Å². The highest BCUT2D eigenvalue weighted by molar-refractivity contribution is 6.22. The number of fused-ring (bicyclic) bond motifs is 2. The smallest absolute Gasteiger partial charge is 0.298 e. The molecule has 14 heteroatoms. The summed E-state index contributed by atoms with van der Waals surface area (Å²) < 4.78 is 166. The zero-order valence-electron chi connectivity index (χ0n) is 22.4. The third-order valence-corrected chi connectivity index (χ3v) is 7.23. The number of carbonyl (C=O) groups is 2. The SMILES string of the molecule is O=Cc1cc2c(-c3cc(C(F)(F)F)cc(C(F)(F)F)c3)c3ccccc3c(-c3cc(C(F)(F)F)cc(C(F)(F)F)c3)c2cc1C=O. The number of hydrogen-bond donors (Lipinski definition) is 0. The van der Waals surface area contributed by atoms with Crippen LogP contribution in [0.1, 0.15) is 43.0 Å². The van der Waals surface area contributed by atoms with Gasteiger partial charge in [-0.05, 0) is 92.3 Å². The van der Waals surface area contributed by atoms with Crippen LogP contribution in [0.4, 0.5) is 52.7 Å². The Labute approximate surface area is 249 Å². The number of carbonyl (C=O) groups excluding carboxylic acids is 2. The molecule has 0 aliphatic heterocycles. The minimum absolute atomic E-state index is 0.120.